The second-order valence-corrected chi connectivity index (χ2v) is 3.89. The second-order valence-electron chi connectivity index (χ2n) is 2.91. The molecule has 0 nitrogen and oxygen atoms in total. The van der Waals surface area contributed by atoms with Gasteiger partial charge in [0.05, 0.1) is 0 Å². The number of rotatable bonds is 0. The molecule has 0 aromatic heterocycles. The third kappa shape index (κ3) is 1.11. The normalized spacial score (nSPS) is 20.2. The molecule has 1 aromatic carbocycles. The van der Waals surface area contributed by atoms with E-state index in [1.54, 1.807) is 0 Å². The van der Waals surface area contributed by atoms with Gasteiger partial charge in [0, 0.05) is 0 Å². The van der Waals surface area contributed by atoms with Crippen LogP contribution in [0.1, 0.15) is 20.9 Å². The zero-order valence-electron chi connectivity index (χ0n) is 6.46. The molecule has 11 heavy (non-hydrogen) atoms. The molecule has 0 amide bonds. The molecular weight excluding hydrogens is 168 g/mol. The van der Waals surface area contributed by atoms with Gasteiger partial charge in [-0.05, 0) is 0 Å². The van der Waals surface area contributed by atoms with Gasteiger partial charge in [-0.15, -0.1) is 0 Å². The minimum atomic E-state index is 0.616. The Morgan fingerprint density at radius 2 is 2.18 bits per heavy atom. The summed E-state index contributed by atoms with van der Waals surface area (Å²) < 4.78 is 0.616. The van der Waals surface area contributed by atoms with E-state index >= 15 is 0 Å². The molecule has 0 spiro atoms. The average Bonchev–Trinajstić information content (AvgIpc) is 2.35. The number of hydrogen-bond donors (Lipinski definition) is 0. The molecule has 53 valence electrons. The van der Waals surface area contributed by atoms with Gasteiger partial charge in [0.25, 0.3) is 0 Å². The molecule has 1 atom stereocenters. The fourth-order valence-electron chi connectivity index (χ4n) is 1.50. The standard InChI is InChI=1S/C10H9.Ti/c1-8-4-2-5-9-6-3-7-10(8)9;/h2-7H,1H3;. The molecule has 0 bridgehead atoms. The van der Waals surface area contributed by atoms with E-state index < -0.39 is 0 Å². The van der Waals surface area contributed by atoms with Gasteiger partial charge >= 0.3 is 78.6 Å². The Hall–Kier alpha value is -0.326. The number of hydrogen-bond acceptors (Lipinski definition) is 0. The van der Waals surface area contributed by atoms with Crippen molar-refractivity contribution < 1.29 is 20.4 Å². The number of fused-ring (bicyclic) bond motifs is 1. The van der Waals surface area contributed by atoms with Gasteiger partial charge in [-0.25, -0.2) is 0 Å². The zero-order valence-corrected chi connectivity index (χ0v) is 8.03. The van der Waals surface area contributed by atoms with Crippen LogP contribution in [0.4, 0.5) is 0 Å². The van der Waals surface area contributed by atoms with E-state index in [0.29, 0.717) is 4.22 Å². The summed E-state index contributed by atoms with van der Waals surface area (Å²) >= 11 is 2.24. The third-order valence-corrected chi connectivity index (χ3v) is 2.93. The molecule has 1 aromatic rings. The van der Waals surface area contributed by atoms with Crippen molar-refractivity contribution in [1.82, 2.24) is 0 Å². The fraction of sp³-hybridized carbons (Fsp3) is 0.200. The van der Waals surface area contributed by atoms with Crippen LogP contribution in [-0.2, 0) is 20.4 Å². The predicted octanol–water partition coefficient (Wildman–Crippen LogP) is 2.61. The van der Waals surface area contributed by atoms with Crippen LogP contribution in [-0.4, -0.2) is 0 Å². The maximum absolute atomic E-state index is 2.26. The number of benzene rings is 1. The first-order valence-corrected chi connectivity index (χ1v) is 4.68. The molecule has 0 heterocycles. The van der Waals surface area contributed by atoms with Crippen molar-refractivity contribution in [3.8, 4) is 0 Å². The van der Waals surface area contributed by atoms with Gasteiger partial charge < -0.3 is 0 Å². The molecule has 1 heteroatoms. The topological polar surface area (TPSA) is 0 Å². The first-order valence-electron chi connectivity index (χ1n) is 3.78. The van der Waals surface area contributed by atoms with Crippen molar-refractivity contribution in [2.24, 2.45) is 0 Å². The first-order chi connectivity index (χ1) is 5.29. The molecule has 1 aliphatic rings. The van der Waals surface area contributed by atoms with Crippen molar-refractivity contribution in [3.05, 3.63) is 41.0 Å². The van der Waals surface area contributed by atoms with Gasteiger partial charge in [0.1, 0.15) is 0 Å². The molecule has 2 rings (SSSR count). The van der Waals surface area contributed by atoms with Crippen LogP contribution in [0.25, 0.3) is 6.08 Å². The SMILES string of the molecule is Cc1cccc2c1C=C[CH]2[Ti]. The molecular formula is C10H9Ti. The molecule has 1 aliphatic carbocycles. The predicted molar refractivity (Wildman–Crippen MR) is 43.0 cm³/mol. The Labute approximate surface area is 78.7 Å². The van der Waals surface area contributed by atoms with Crippen molar-refractivity contribution in [2.45, 2.75) is 11.1 Å². The summed E-state index contributed by atoms with van der Waals surface area (Å²) in [5.74, 6) is 0. The van der Waals surface area contributed by atoms with E-state index in [2.05, 4.69) is 57.7 Å². The van der Waals surface area contributed by atoms with Crippen LogP contribution in [0.3, 0.4) is 0 Å². The monoisotopic (exact) mass is 177 g/mol. The molecule has 0 fully saturated rings. The quantitative estimate of drug-likeness (QED) is 0.534. The van der Waals surface area contributed by atoms with Crippen LogP contribution in [0.5, 0.6) is 0 Å². The minimum absolute atomic E-state index is 0.616. The summed E-state index contributed by atoms with van der Waals surface area (Å²) in [7, 11) is 0. The van der Waals surface area contributed by atoms with Crippen LogP contribution in [0.2, 0.25) is 0 Å². The van der Waals surface area contributed by atoms with Crippen LogP contribution < -0.4 is 0 Å². The van der Waals surface area contributed by atoms with Crippen LogP contribution in [0.15, 0.2) is 24.3 Å². The molecule has 0 saturated carbocycles. The Bertz CT molecular complexity index is 313. The van der Waals surface area contributed by atoms with E-state index in [4.69, 9.17) is 0 Å². The third-order valence-electron chi connectivity index (χ3n) is 2.15. The summed E-state index contributed by atoms with van der Waals surface area (Å²) in [6.45, 7) is 2.17. The fourth-order valence-corrected chi connectivity index (χ4v) is 2.04. The number of aryl methyl sites for hydroxylation is 1. The number of allylic oxidation sites excluding steroid dienone is 1. The molecule has 0 saturated heterocycles. The summed E-state index contributed by atoms with van der Waals surface area (Å²) in [5.41, 5.74) is 4.30. The Balaban J connectivity index is 2.65. The summed E-state index contributed by atoms with van der Waals surface area (Å²) in [6, 6.07) is 6.52. The Morgan fingerprint density at radius 3 is 2.91 bits per heavy atom. The van der Waals surface area contributed by atoms with E-state index in [9.17, 15) is 0 Å². The zero-order chi connectivity index (χ0) is 7.84. The van der Waals surface area contributed by atoms with E-state index in [0.717, 1.165) is 0 Å². The molecule has 0 N–H and O–H groups in total. The summed E-state index contributed by atoms with van der Waals surface area (Å²) in [6.07, 6.45) is 4.49. The Morgan fingerprint density at radius 1 is 1.36 bits per heavy atom. The van der Waals surface area contributed by atoms with Gasteiger partial charge in [0.2, 0.25) is 0 Å². The van der Waals surface area contributed by atoms with Crippen molar-refractivity contribution in [3.63, 3.8) is 0 Å². The van der Waals surface area contributed by atoms with Gasteiger partial charge in [0.15, 0.2) is 0 Å². The van der Waals surface area contributed by atoms with Crippen LogP contribution in [0, 0.1) is 6.92 Å². The molecule has 0 aliphatic heterocycles. The summed E-state index contributed by atoms with van der Waals surface area (Å²) in [4.78, 5) is 0. The van der Waals surface area contributed by atoms with Crippen molar-refractivity contribution in [1.29, 1.82) is 0 Å². The average molecular weight is 177 g/mol. The van der Waals surface area contributed by atoms with Crippen molar-refractivity contribution >= 4 is 6.08 Å². The van der Waals surface area contributed by atoms with Crippen molar-refractivity contribution in [2.75, 3.05) is 0 Å². The van der Waals surface area contributed by atoms with E-state index in [1.807, 2.05) is 0 Å². The van der Waals surface area contributed by atoms with E-state index in [-0.39, 0.29) is 0 Å². The first kappa shape index (κ1) is 7.33. The molecule has 1 unspecified atom stereocenters. The van der Waals surface area contributed by atoms with E-state index in [1.165, 1.54) is 16.7 Å². The van der Waals surface area contributed by atoms with Gasteiger partial charge in [-0.3, -0.25) is 0 Å². The molecule has 0 radical (unpaired) electrons. The Kier molecular flexibility index (Phi) is 1.74. The second kappa shape index (κ2) is 2.62. The summed E-state index contributed by atoms with van der Waals surface area (Å²) in [5, 5.41) is 0. The van der Waals surface area contributed by atoms with Crippen LogP contribution >= 0.6 is 0 Å². The van der Waals surface area contributed by atoms with Gasteiger partial charge in [-0.2, -0.15) is 0 Å². The maximum atomic E-state index is 2.26. The van der Waals surface area contributed by atoms with Gasteiger partial charge in [-0.1, -0.05) is 0 Å².